The van der Waals surface area contributed by atoms with Crippen LogP contribution in [0, 0.1) is 0 Å². The van der Waals surface area contributed by atoms with E-state index in [2.05, 4.69) is 22.4 Å². The van der Waals surface area contributed by atoms with Gasteiger partial charge in [0.05, 0.1) is 5.02 Å². The lowest BCUT2D eigenvalue weighted by Gasteiger charge is -2.08. The number of nitrogens with one attached hydrogen (secondary N) is 1. The van der Waals surface area contributed by atoms with Crippen molar-refractivity contribution in [2.45, 2.75) is 35.3 Å². The smallest absolute Gasteiger partial charge is 0.119 e. The molecule has 104 valence electrons. The van der Waals surface area contributed by atoms with E-state index in [-0.39, 0.29) is 0 Å². The Bertz CT molecular complexity index is 615. The average molecular weight is 325 g/mol. The minimum atomic E-state index is 0.660. The Labute approximate surface area is 132 Å². The fraction of sp³-hybridized carbons (Fsp3) is 0.267. The number of halogens is 2. The van der Waals surface area contributed by atoms with Crippen molar-refractivity contribution in [3.05, 3.63) is 52.1 Å². The standard InChI is InChI=1S/C15H14Cl2N2S/c16-13-2-1-7-18-15(13)20-12-6-3-10(14(17)8-12)9-19-11-4-5-11/h1-3,6-8,11,19H,4-5,9H2. The Morgan fingerprint density at radius 2 is 2.05 bits per heavy atom. The van der Waals surface area contributed by atoms with Crippen molar-refractivity contribution in [2.75, 3.05) is 0 Å². The Morgan fingerprint density at radius 3 is 2.75 bits per heavy atom. The van der Waals surface area contributed by atoms with E-state index in [4.69, 9.17) is 23.2 Å². The van der Waals surface area contributed by atoms with Crippen LogP contribution < -0.4 is 5.32 Å². The van der Waals surface area contributed by atoms with Crippen LogP contribution in [0.4, 0.5) is 0 Å². The normalized spacial score (nSPS) is 14.5. The molecule has 1 fully saturated rings. The number of rotatable bonds is 5. The van der Waals surface area contributed by atoms with E-state index in [0.717, 1.165) is 27.1 Å². The van der Waals surface area contributed by atoms with Gasteiger partial charge in [-0.2, -0.15) is 0 Å². The summed E-state index contributed by atoms with van der Waals surface area (Å²) in [6, 6.07) is 10.5. The van der Waals surface area contributed by atoms with E-state index in [9.17, 15) is 0 Å². The highest BCUT2D eigenvalue weighted by atomic mass is 35.5. The summed E-state index contributed by atoms with van der Waals surface area (Å²) < 4.78 is 0. The first-order valence-corrected chi connectivity index (χ1v) is 8.10. The molecule has 1 heterocycles. The van der Waals surface area contributed by atoms with Crippen LogP contribution in [0.15, 0.2) is 46.5 Å². The van der Waals surface area contributed by atoms with Gasteiger partial charge in [0, 0.05) is 28.7 Å². The number of nitrogens with zero attached hydrogens (tertiary/aromatic N) is 1. The van der Waals surface area contributed by atoms with E-state index in [1.807, 2.05) is 18.2 Å². The third-order valence-electron chi connectivity index (χ3n) is 3.12. The maximum Gasteiger partial charge on any atom is 0.119 e. The van der Waals surface area contributed by atoms with Crippen LogP contribution in [0.5, 0.6) is 0 Å². The molecule has 1 aromatic heterocycles. The van der Waals surface area contributed by atoms with Gasteiger partial charge in [-0.05, 0) is 42.7 Å². The highest BCUT2D eigenvalue weighted by Gasteiger charge is 2.20. The largest absolute Gasteiger partial charge is 0.310 e. The summed E-state index contributed by atoms with van der Waals surface area (Å²) in [5, 5.41) is 5.71. The summed E-state index contributed by atoms with van der Waals surface area (Å²) in [5.41, 5.74) is 1.13. The summed E-state index contributed by atoms with van der Waals surface area (Å²) in [5.74, 6) is 0. The second-order valence-electron chi connectivity index (χ2n) is 4.80. The van der Waals surface area contributed by atoms with Crippen molar-refractivity contribution in [3.8, 4) is 0 Å². The lowest BCUT2D eigenvalue weighted by Crippen LogP contribution is -2.15. The molecular weight excluding hydrogens is 311 g/mol. The molecule has 0 atom stereocenters. The van der Waals surface area contributed by atoms with E-state index in [1.165, 1.54) is 24.6 Å². The molecule has 0 unspecified atom stereocenters. The quantitative estimate of drug-likeness (QED) is 0.855. The van der Waals surface area contributed by atoms with Crippen LogP contribution in [0.25, 0.3) is 0 Å². The van der Waals surface area contributed by atoms with Crippen LogP contribution in [0.2, 0.25) is 10.0 Å². The Kier molecular flexibility index (Phi) is 4.51. The number of aromatic nitrogens is 1. The number of benzene rings is 1. The van der Waals surface area contributed by atoms with Gasteiger partial charge in [-0.3, -0.25) is 0 Å². The van der Waals surface area contributed by atoms with Gasteiger partial charge in [-0.25, -0.2) is 4.98 Å². The van der Waals surface area contributed by atoms with Gasteiger partial charge in [0.25, 0.3) is 0 Å². The predicted molar refractivity (Wildman–Crippen MR) is 84.7 cm³/mol. The zero-order chi connectivity index (χ0) is 13.9. The van der Waals surface area contributed by atoms with E-state index in [1.54, 1.807) is 6.20 Å². The van der Waals surface area contributed by atoms with E-state index in [0.29, 0.717) is 11.1 Å². The first-order chi connectivity index (χ1) is 9.72. The summed E-state index contributed by atoms with van der Waals surface area (Å²) in [7, 11) is 0. The molecule has 0 bridgehead atoms. The number of pyridine rings is 1. The monoisotopic (exact) mass is 324 g/mol. The summed E-state index contributed by atoms with van der Waals surface area (Å²) in [4.78, 5) is 5.32. The molecule has 2 aromatic rings. The molecule has 1 aliphatic rings. The van der Waals surface area contributed by atoms with Gasteiger partial charge in [0.15, 0.2) is 0 Å². The maximum absolute atomic E-state index is 6.33. The highest BCUT2D eigenvalue weighted by Crippen LogP contribution is 2.33. The van der Waals surface area contributed by atoms with Crippen molar-refractivity contribution < 1.29 is 0 Å². The summed E-state index contributed by atoms with van der Waals surface area (Å²) in [6.07, 6.45) is 4.30. The van der Waals surface area contributed by atoms with Gasteiger partial charge in [-0.1, -0.05) is 41.0 Å². The lowest BCUT2D eigenvalue weighted by atomic mass is 10.2. The Hall–Kier alpha value is -0.740. The Balaban J connectivity index is 1.71. The molecule has 3 rings (SSSR count). The zero-order valence-corrected chi connectivity index (χ0v) is 13.1. The van der Waals surface area contributed by atoms with Crippen molar-refractivity contribution in [3.63, 3.8) is 0 Å². The first-order valence-electron chi connectivity index (χ1n) is 6.52. The SMILES string of the molecule is Clc1cc(Sc2ncccc2Cl)ccc1CNC1CC1. The average Bonchev–Trinajstić information content (AvgIpc) is 3.25. The minimum Gasteiger partial charge on any atom is -0.310 e. The zero-order valence-electron chi connectivity index (χ0n) is 10.8. The number of hydrogen-bond acceptors (Lipinski definition) is 3. The van der Waals surface area contributed by atoms with Gasteiger partial charge in [0.1, 0.15) is 5.03 Å². The molecule has 0 aliphatic heterocycles. The molecule has 1 aliphatic carbocycles. The van der Waals surface area contributed by atoms with Gasteiger partial charge in [-0.15, -0.1) is 0 Å². The van der Waals surface area contributed by atoms with Gasteiger partial charge in [0.2, 0.25) is 0 Å². The fourth-order valence-corrected chi connectivity index (χ4v) is 3.20. The topological polar surface area (TPSA) is 24.9 Å². The number of hydrogen-bond donors (Lipinski definition) is 1. The van der Waals surface area contributed by atoms with Crippen molar-refractivity contribution in [1.82, 2.24) is 10.3 Å². The highest BCUT2D eigenvalue weighted by molar-refractivity contribution is 7.99. The molecule has 2 nitrogen and oxygen atoms in total. The summed E-state index contributed by atoms with van der Waals surface area (Å²) in [6.45, 7) is 0.832. The van der Waals surface area contributed by atoms with Crippen LogP contribution >= 0.6 is 35.0 Å². The van der Waals surface area contributed by atoms with Crippen molar-refractivity contribution in [1.29, 1.82) is 0 Å². The third kappa shape index (κ3) is 3.67. The molecule has 20 heavy (non-hydrogen) atoms. The predicted octanol–water partition coefficient (Wildman–Crippen LogP) is 4.79. The molecule has 0 saturated heterocycles. The second kappa shape index (κ2) is 6.35. The lowest BCUT2D eigenvalue weighted by molar-refractivity contribution is 0.687. The van der Waals surface area contributed by atoms with Crippen LogP contribution in [-0.2, 0) is 6.54 Å². The third-order valence-corrected chi connectivity index (χ3v) is 4.90. The minimum absolute atomic E-state index is 0.660. The molecule has 5 heteroatoms. The molecule has 0 amide bonds. The summed E-state index contributed by atoms with van der Waals surface area (Å²) >= 11 is 14.0. The maximum atomic E-state index is 6.33. The molecule has 1 N–H and O–H groups in total. The molecule has 1 saturated carbocycles. The van der Waals surface area contributed by atoms with Crippen molar-refractivity contribution >= 4 is 35.0 Å². The van der Waals surface area contributed by atoms with Crippen molar-refractivity contribution in [2.24, 2.45) is 0 Å². The van der Waals surface area contributed by atoms with Crippen LogP contribution in [-0.4, -0.2) is 11.0 Å². The van der Waals surface area contributed by atoms with Gasteiger partial charge < -0.3 is 5.32 Å². The molecular formula is C15H14Cl2N2S. The second-order valence-corrected chi connectivity index (χ2v) is 6.68. The van der Waals surface area contributed by atoms with Crippen LogP contribution in [0.3, 0.4) is 0 Å². The van der Waals surface area contributed by atoms with E-state index >= 15 is 0 Å². The Morgan fingerprint density at radius 1 is 1.20 bits per heavy atom. The van der Waals surface area contributed by atoms with Crippen LogP contribution in [0.1, 0.15) is 18.4 Å². The molecule has 0 radical (unpaired) electrons. The van der Waals surface area contributed by atoms with E-state index < -0.39 is 0 Å². The molecule has 1 aromatic carbocycles. The fourth-order valence-electron chi connectivity index (χ4n) is 1.83. The van der Waals surface area contributed by atoms with Gasteiger partial charge >= 0.3 is 0 Å². The first kappa shape index (κ1) is 14.2. The molecule has 0 spiro atoms.